The van der Waals surface area contributed by atoms with E-state index in [0.717, 1.165) is 16.2 Å². The van der Waals surface area contributed by atoms with Crippen LogP contribution in [-0.4, -0.2) is 36.8 Å². The molecular weight excluding hydrogens is 288 g/mol. The lowest BCUT2D eigenvalue weighted by Crippen LogP contribution is -2.41. The second-order valence-corrected chi connectivity index (χ2v) is 8.80. The molecule has 2 rings (SSSR count). The van der Waals surface area contributed by atoms with Crippen molar-refractivity contribution in [3.05, 3.63) is 15.8 Å². The van der Waals surface area contributed by atoms with Crippen LogP contribution in [0.2, 0.25) is 0 Å². The molecule has 102 valence electrons. The Hall–Kier alpha value is -0.0800. The highest BCUT2D eigenvalue weighted by molar-refractivity contribution is 8.00. The molecule has 7 heteroatoms. The number of hydrogen-bond acceptors (Lipinski definition) is 5. The third-order valence-corrected chi connectivity index (χ3v) is 7.46. The number of rotatable bonds is 3. The van der Waals surface area contributed by atoms with Crippen LogP contribution in [0.4, 0.5) is 0 Å². The van der Waals surface area contributed by atoms with Gasteiger partial charge in [-0.3, -0.25) is 0 Å². The van der Waals surface area contributed by atoms with Gasteiger partial charge in [-0.1, -0.05) is 6.92 Å². The van der Waals surface area contributed by atoms with E-state index in [9.17, 15) is 8.42 Å². The minimum absolute atomic E-state index is 0.283. The zero-order valence-electron chi connectivity index (χ0n) is 10.5. The van der Waals surface area contributed by atoms with Gasteiger partial charge < -0.3 is 5.73 Å². The van der Waals surface area contributed by atoms with E-state index in [1.807, 2.05) is 24.1 Å². The highest BCUT2D eigenvalue weighted by Gasteiger charge is 2.32. The van der Waals surface area contributed by atoms with E-state index >= 15 is 0 Å². The molecule has 1 unspecified atom stereocenters. The molecule has 0 spiro atoms. The fourth-order valence-corrected chi connectivity index (χ4v) is 6.51. The molecule has 1 aliphatic rings. The van der Waals surface area contributed by atoms with Crippen molar-refractivity contribution in [2.75, 3.05) is 18.8 Å². The first-order chi connectivity index (χ1) is 8.46. The quantitative estimate of drug-likeness (QED) is 0.922. The molecular formula is C11H18N2O2S3. The van der Waals surface area contributed by atoms with Gasteiger partial charge in [-0.15, -0.1) is 11.3 Å². The topological polar surface area (TPSA) is 63.4 Å². The Morgan fingerprint density at radius 3 is 2.89 bits per heavy atom. The van der Waals surface area contributed by atoms with Crippen molar-refractivity contribution in [2.24, 2.45) is 5.73 Å². The number of hydrogen-bond donors (Lipinski definition) is 1. The molecule has 0 radical (unpaired) electrons. The second-order valence-electron chi connectivity index (χ2n) is 4.42. The van der Waals surface area contributed by atoms with Crippen LogP contribution in [0.15, 0.2) is 10.3 Å². The van der Waals surface area contributed by atoms with E-state index in [-0.39, 0.29) is 6.54 Å². The van der Waals surface area contributed by atoms with Crippen LogP contribution in [0, 0.1) is 6.92 Å². The van der Waals surface area contributed by atoms with Gasteiger partial charge in [0.05, 0.1) is 0 Å². The fourth-order valence-electron chi connectivity index (χ4n) is 2.11. The summed E-state index contributed by atoms with van der Waals surface area (Å²) in [5.74, 6) is 0.863. The van der Waals surface area contributed by atoms with E-state index in [2.05, 4.69) is 6.92 Å². The van der Waals surface area contributed by atoms with Gasteiger partial charge >= 0.3 is 0 Å². The van der Waals surface area contributed by atoms with Crippen LogP contribution in [0.5, 0.6) is 0 Å². The fraction of sp³-hybridized carbons (Fsp3) is 0.636. The molecule has 1 aliphatic heterocycles. The van der Waals surface area contributed by atoms with Gasteiger partial charge in [0.25, 0.3) is 0 Å². The van der Waals surface area contributed by atoms with E-state index < -0.39 is 10.0 Å². The summed E-state index contributed by atoms with van der Waals surface area (Å²) in [4.78, 5) is 1.20. The highest BCUT2D eigenvalue weighted by Crippen LogP contribution is 2.31. The van der Waals surface area contributed by atoms with Gasteiger partial charge in [0.1, 0.15) is 4.90 Å². The Morgan fingerprint density at radius 1 is 1.56 bits per heavy atom. The van der Waals surface area contributed by atoms with Crippen LogP contribution in [0.1, 0.15) is 17.4 Å². The zero-order valence-corrected chi connectivity index (χ0v) is 13.0. The first-order valence-corrected chi connectivity index (χ1v) is 9.22. The summed E-state index contributed by atoms with van der Waals surface area (Å²) in [5.41, 5.74) is 6.45. The van der Waals surface area contributed by atoms with Crippen molar-refractivity contribution in [1.82, 2.24) is 4.31 Å². The average molecular weight is 306 g/mol. The number of nitrogens with two attached hydrogens (primary N) is 1. The molecule has 4 nitrogen and oxygen atoms in total. The third-order valence-electron chi connectivity index (χ3n) is 2.98. The normalized spacial score (nSPS) is 22.3. The maximum Gasteiger partial charge on any atom is 0.244 e. The molecule has 1 aromatic heterocycles. The number of aryl methyl sites for hydroxylation is 1. The molecule has 0 aliphatic carbocycles. The lowest BCUT2D eigenvalue weighted by atomic mass is 10.3. The monoisotopic (exact) mass is 306 g/mol. The van der Waals surface area contributed by atoms with Gasteiger partial charge in [-0.05, 0) is 17.9 Å². The average Bonchev–Trinajstić information content (AvgIpc) is 2.71. The summed E-state index contributed by atoms with van der Waals surface area (Å²) >= 11 is 3.25. The molecule has 1 fully saturated rings. The number of nitrogens with zero attached hydrogens (tertiary/aromatic N) is 1. The zero-order chi connectivity index (χ0) is 13.3. The minimum Gasteiger partial charge on any atom is -0.326 e. The van der Waals surface area contributed by atoms with Crippen LogP contribution in [-0.2, 0) is 16.6 Å². The first-order valence-electron chi connectivity index (χ1n) is 5.85. The van der Waals surface area contributed by atoms with Crippen molar-refractivity contribution in [3.8, 4) is 0 Å². The van der Waals surface area contributed by atoms with E-state index in [0.29, 0.717) is 23.2 Å². The van der Waals surface area contributed by atoms with E-state index in [1.165, 1.54) is 11.3 Å². The second kappa shape index (κ2) is 5.50. The van der Waals surface area contributed by atoms with Crippen LogP contribution in [0.25, 0.3) is 0 Å². The lowest BCUT2D eigenvalue weighted by molar-refractivity contribution is 0.423. The van der Waals surface area contributed by atoms with Crippen LogP contribution < -0.4 is 5.73 Å². The van der Waals surface area contributed by atoms with Crippen LogP contribution in [0.3, 0.4) is 0 Å². The number of thioether (sulfide) groups is 1. The molecule has 0 saturated carbocycles. The van der Waals surface area contributed by atoms with Crippen molar-refractivity contribution in [3.63, 3.8) is 0 Å². The van der Waals surface area contributed by atoms with E-state index in [1.54, 1.807) is 4.31 Å². The Labute approximate surface area is 117 Å². The van der Waals surface area contributed by atoms with Crippen molar-refractivity contribution < 1.29 is 8.42 Å². The molecule has 1 saturated heterocycles. The molecule has 18 heavy (non-hydrogen) atoms. The molecule has 0 aromatic carbocycles. The van der Waals surface area contributed by atoms with Gasteiger partial charge in [0.2, 0.25) is 10.0 Å². The largest absolute Gasteiger partial charge is 0.326 e. The summed E-state index contributed by atoms with van der Waals surface area (Å²) < 4.78 is 26.9. The number of sulfonamides is 1. The standard InChI is InChI=1S/C11H18N2O2S3/c1-8-7-17-10(5-12)11(8)18(14,15)13-3-4-16-9(2)6-13/h7,9H,3-6,12H2,1-2H3. The first kappa shape index (κ1) is 14.3. The third kappa shape index (κ3) is 2.60. The smallest absolute Gasteiger partial charge is 0.244 e. The van der Waals surface area contributed by atoms with Crippen LogP contribution >= 0.6 is 23.1 Å². The number of thiophene rings is 1. The Kier molecular flexibility index (Phi) is 4.38. The molecule has 1 aromatic rings. The van der Waals surface area contributed by atoms with Gasteiger partial charge in [0, 0.05) is 35.5 Å². The Morgan fingerprint density at radius 2 is 2.28 bits per heavy atom. The lowest BCUT2D eigenvalue weighted by Gasteiger charge is -2.30. The molecule has 2 heterocycles. The van der Waals surface area contributed by atoms with Gasteiger partial charge in [-0.2, -0.15) is 16.1 Å². The molecule has 1 atom stereocenters. The van der Waals surface area contributed by atoms with E-state index in [4.69, 9.17) is 5.73 Å². The molecule has 0 amide bonds. The summed E-state index contributed by atoms with van der Waals surface area (Å²) in [7, 11) is -3.37. The summed E-state index contributed by atoms with van der Waals surface area (Å²) in [6.45, 7) is 5.37. The summed E-state index contributed by atoms with van der Waals surface area (Å²) in [5, 5.41) is 2.23. The predicted molar refractivity (Wildman–Crippen MR) is 77.6 cm³/mol. The Balaban J connectivity index is 2.38. The Bertz CT molecular complexity index is 524. The molecule has 2 N–H and O–H groups in total. The summed E-state index contributed by atoms with van der Waals surface area (Å²) in [6, 6.07) is 0. The minimum atomic E-state index is -3.37. The summed E-state index contributed by atoms with van der Waals surface area (Å²) in [6.07, 6.45) is 0. The van der Waals surface area contributed by atoms with Crippen molar-refractivity contribution in [2.45, 2.75) is 30.5 Å². The highest BCUT2D eigenvalue weighted by atomic mass is 32.2. The maximum absolute atomic E-state index is 12.7. The van der Waals surface area contributed by atoms with Gasteiger partial charge in [0.15, 0.2) is 0 Å². The van der Waals surface area contributed by atoms with Crippen molar-refractivity contribution in [1.29, 1.82) is 0 Å². The van der Waals surface area contributed by atoms with Gasteiger partial charge in [-0.25, -0.2) is 8.42 Å². The molecule has 0 bridgehead atoms. The maximum atomic E-state index is 12.7. The SMILES string of the molecule is Cc1csc(CN)c1S(=O)(=O)N1CCSC(C)C1. The predicted octanol–water partition coefficient (Wildman–Crippen LogP) is 1.64. The van der Waals surface area contributed by atoms with Crippen molar-refractivity contribution >= 4 is 33.1 Å².